The highest BCUT2D eigenvalue weighted by atomic mass is 32.2. The van der Waals surface area contributed by atoms with E-state index >= 15 is 0 Å². The molecule has 1 aliphatic rings. The Kier molecular flexibility index (Phi) is 10.9. The summed E-state index contributed by atoms with van der Waals surface area (Å²) in [5.41, 5.74) is 4.76. The van der Waals surface area contributed by atoms with E-state index in [2.05, 4.69) is 32.9 Å². The Morgan fingerprint density at radius 2 is 1.79 bits per heavy atom. The van der Waals surface area contributed by atoms with E-state index in [9.17, 15) is 8.42 Å². The maximum absolute atomic E-state index is 11.8. The van der Waals surface area contributed by atoms with Crippen LogP contribution in [0.4, 0.5) is 0 Å². The zero-order valence-corrected chi connectivity index (χ0v) is 20.0. The molecule has 29 heavy (non-hydrogen) atoms. The Balaban J connectivity index is 2.98. The van der Waals surface area contributed by atoms with Gasteiger partial charge >= 0.3 is 0 Å². The summed E-state index contributed by atoms with van der Waals surface area (Å²) in [7, 11) is -2.29. The van der Waals surface area contributed by atoms with Crippen molar-refractivity contribution in [3.05, 3.63) is 46.6 Å². The Labute approximate surface area is 178 Å². The van der Waals surface area contributed by atoms with Gasteiger partial charge in [0.25, 0.3) is 0 Å². The Morgan fingerprint density at radius 3 is 2.31 bits per heavy atom. The molecule has 5 heteroatoms. The average molecular weight is 423 g/mol. The minimum absolute atomic E-state index is 0.194. The summed E-state index contributed by atoms with van der Waals surface area (Å²) in [6.45, 7) is 15.4. The SMILES string of the molecule is CCOC(C=C(C)C(CC=C(C)C=CC1=C(C)CCCC1(C)C)=S(=O)=O)OCC. The van der Waals surface area contributed by atoms with Gasteiger partial charge in [0.15, 0.2) is 6.29 Å². The third-order valence-corrected chi connectivity index (χ3v) is 6.24. The van der Waals surface area contributed by atoms with E-state index in [1.807, 2.05) is 26.8 Å². The van der Waals surface area contributed by atoms with Crippen LogP contribution in [-0.4, -0.2) is 32.8 Å². The van der Waals surface area contributed by atoms with Gasteiger partial charge in [-0.1, -0.05) is 43.2 Å². The summed E-state index contributed by atoms with van der Waals surface area (Å²) in [5, 5.41) is 0. The van der Waals surface area contributed by atoms with Crippen LogP contribution in [0.25, 0.3) is 0 Å². The van der Waals surface area contributed by atoms with E-state index in [1.165, 1.54) is 24.0 Å². The van der Waals surface area contributed by atoms with Crippen molar-refractivity contribution < 1.29 is 17.9 Å². The van der Waals surface area contributed by atoms with Crippen LogP contribution in [0, 0.1) is 5.41 Å². The van der Waals surface area contributed by atoms with Gasteiger partial charge in [-0.15, -0.1) is 0 Å². The highest BCUT2D eigenvalue weighted by Gasteiger charge is 2.26. The fourth-order valence-electron chi connectivity index (χ4n) is 3.68. The van der Waals surface area contributed by atoms with Crippen molar-refractivity contribution in [2.75, 3.05) is 13.2 Å². The molecule has 1 aliphatic carbocycles. The van der Waals surface area contributed by atoms with Crippen molar-refractivity contribution in [3.8, 4) is 0 Å². The van der Waals surface area contributed by atoms with E-state index in [4.69, 9.17) is 9.47 Å². The van der Waals surface area contributed by atoms with Crippen LogP contribution in [0.1, 0.15) is 74.1 Å². The summed E-state index contributed by atoms with van der Waals surface area (Å²) in [5.74, 6) is 0. The first-order valence-electron chi connectivity index (χ1n) is 10.5. The normalized spacial score (nSPS) is 18.1. The molecule has 0 bridgehead atoms. The predicted octanol–water partition coefficient (Wildman–Crippen LogP) is 5.80. The molecule has 0 aromatic carbocycles. The van der Waals surface area contributed by atoms with Crippen molar-refractivity contribution in [1.29, 1.82) is 0 Å². The molecule has 0 aromatic heterocycles. The molecule has 0 heterocycles. The largest absolute Gasteiger partial charge is 0.349 e. The van der Waals surface area contributed by atoms with E-state index in [0.717, 1.165) is 12.0 Å². The van der Waals surface area contributed by atoms with Crippen molar-refractivity contribution in [2.24, 2.45) is 5.41 Å². The molecule has 1 rings (SSSR count). The molecule has 0 unspecified atom stereocenters. The zero-order valence-electron chi connectivity index (χ0n) is 19.2. The first-order chi connectivity index (χ1) is 13.6. The lowest BCUT2D eigenvalue weighted by Gasteiger charge is -2.32. The molecular formula is C24H38O4S. The van der Waals surface area contributed by atoms with Crippen molar-refractivity contribution in [1.82, 2.24) is 0 Å². The minimum Gasteiger partial charge on any atom is -0.349 e. The summed E-state index contributed by atoms with van der Waals surface area (Å²) in [6, 6.07) is 0. The molecule has 4 nitrogen and oxygen atoms in total. The molecule has 0 amide bonds. The molecular weight excluding hydrogens is 384 g/mol. The summed E-state index contributed by atoms with van der Waals surface area (Å²) >= 11 is 0. The van der Waals surface area contributed by atoms with E-state index in [0.29, 0.717) is 30.1 Å². The molecule has 0 saturated heterocycles. The van der Waals surface area contributed by atoms with E-state index in [-0.39, 0.29) is 5.41 Å². The van der Waals surface area contributed by atoms with Gasteiger partial charge in [-0.2, -0.15) is 8.42 Å². The van der Waals surface area contributed by atoms with E-state index in [1.54, 1.807) is 13.0 Å². The van der Waals surface area contributed by atoms with Gasteiger partial charge in [0, 0.05) is 19.6 Å². The third kappa shape index (κ3) is 8.45. The van der Waals surface area contributed by atoms with Crippen LogP contribution < -0.4 is 0 Å². The molecule has 0 radical (unpaired) electrons. The Bertz CT molecular complexity index is 794. The van der Waals surface area contributed by atoms with Crippen LogP contribution in [0.2, 0.25) is 0 Å². The standard InChI is InChI=1S/C24H38O4S/c1-8-27-23(28-9-2)17-20(5)22(29(25)26)15-13-18(3)12-14-21-19(4)11-10-16-24(21,6)7/h12-14,17,23H,8-11,15-16H2,1-7H3. The quantitative estimate of drug-likeness (QED) is 0.193. The lowest BCUT2D eigenvalue weighted by atomic mass is 9.72. The molecule has 164 valence electrons. The van der Waals surface area contributed by atoms with Crippen molar-refractivity contribution in [3.63, 3.8) is 0 Å². The maximum Gasteiger partial charge on any atom is 0.217 e. The molecule has 0 aromatic rings. The number of hydrogen-bond donors (Lipinski definition) is 0. The number of hydrogen-bond acceptors (Lipinski definition) is 4. The fraction of sp³-hybridized carbons (Fsp3) is 0.625. The Morgan fingerprint density at radius 1 is 1.17 bits per heavy atom. The van der Waals surface area contributed by atoms with Crippen molar-refractivity contribution >= 4 is 15.2 Å². The second-order valence-electron chi connectivity index (χ2n) is 8.20. The number of rotatable bonds is 10. The van der Waals surface area contributed by atoms with Gasteiger partial charge in [0.2, 0.25) is 10.3 Å². The number of ether oxygens (including phenoxy) is 2. The van der Waals surface area contributed by atoms with Gasteiger partial charge in [0.1, 0.15) is 0 Å². The predicted molar refractivity (Wildman–Crippen MR) is 123 cm³/mol. The first kappa shape index (κ1) is 25.6. The smallest absolute Gasteiger partial charge is 0.217 e. The topological polar surface area (TPSA) is 52.6 Å². The molecule has 0 aliphatic heterocycles. The monoisotopic (exact) mass is 422 g/mol. The van der Waals surface area contributed by atoms with Gasteiger partial charge in [-0.3, -0.25) is 0 Å². The van der Waals surface area contributed by atoms with Crippen LogP contribution in [-0.2, 0) is 19.8 Å². The van der Waals surface area contributed by atoms with Crippen LogP contribution in [0.5, 0.6) is 0 Å². The zero-order chi connectivity index (χ0) is 22.0. The van der Waals surface area contributed by atoms with Gasteiger partial charge < -0.3 is 9.47 Å². The first-order valence-corrected chi connectivity index (χ1v) is 11.6. The highest BCUT2D eigenvalue weighted by molar-refractivity contribution is 7.73. The fourth-order valence-corrected chi connectivity index (χ4v) is 4.23. The molecule has 0 N–H and O–H groups in total. The van der Waals surface area contributed by atoms with Crippen LogP contribution >= 0.6 is 0 Å². The molecule has 0 fully saturated rings. The summed E-state index contributed by atoms with van der Waals surface area (Å²) in [6.07, 6.45) is 11.4. The average Bonchev–Trinajstić information content (AvgIpc) is 2.61. The lowest BCUT2D eigenvalue weighted by Crippen LogP contribution is -2.19. The Hall–Kier alpha value is -1.43. The van der Waals surface area contributed by atoms with E-state index < -0.39 is 16.6 Å². The van der Waals surface area contributed by atoms with Crippen LogP contribution in [0.15, 0.2) is 46.6 Å². The molecule has 0 atom stereocenters. The molecule has 0 spiro atoms. The van der Waals surface area contributed by atoms with Gasteiger partial charge in [-0.25, -0.2) is 0 Å². The molecule has 0 saturated carbocycles. The second-order valence-corrected chi connectivity index (χ2v) is 9.17. The summed E-state index contributed by atoms with van der Waals surface area (Å²) in [4.78, 5) is 0.357. The summed E-state index contributed by atoms with van der Waals surface area (Å²) < 4.78 is 34.5. The highest BCUT2D eigenvalue weighted by Crippen LogP contribution is 2.40. The van der Waals surface area contributed by atoms with Crippen molar-refractivity contribution in [2.45, 2.75) is 80.4 Å². The maximum atomic E-state index is 11.8. The minimum atomic E-state index is -2.29. The lowest BCUT2D eigenvalue weighted by molar-refractivity contribution is -0.104. The second kappa shape index (κ2) is 12.3. The van der Waals surface area contributed by atoms with Gasteiger partial charge in [0.05, 0.1) is 4.86 Å². The van der Waals surface area contributed by atoms with Crippen LogP contribution in [0.3, 0.4) is 0 Å². The third-order valence-electron chi connectivity index (χ3n) is 5.35. The number of allylic oxidation sites excluding steroid dienone is 7. The van der Waals surface area contributed by atoms with Gasteiger partial charge in [-0.05, 0) is 76.5 Å².